The number of hydrogen-bond donors (Lipinski definition) is 1. The van der Waals surface area contributed by atoms with Crippen molar-refractivity contribution in [2.24, 2.45) is 0 Å². The summed E-state index contributed by atoms with van der Waals surface area (Å²) >= 11 is 2.00. The molecule has 1 N–H and O–H groups in total. The van der Waals surface area contributed by atoms with Gasteiger partial charge in [0.2, 0.25) is 0 Å². The van der Waals surface area contributed by atoms with Gasteiger partial charge in [-0.3, -0.25) is 0 Å². The summed E-state index contributed by atoms with van der Waals surface area (Å²) in [6.07, 6.45) is 6.45. The molecular weight excluding hydrogens is 254 g/mol. The van der Waals surface area contributed by atoms with E-state index in [1.165, 1.54) is 42.8 Å². The van der Waals surface area contributed by atoms with Crippen LogP contribution in [0.4, 0.5) is 0 Å². The van der Waals surface area contributed by atoms with E-state index in [4.69, 9.17) is 4.74 Å². The molecule has 0 fully saturated rings. The molecule has 0 heterocycles. The largest absolute Gasteiger partial charge is 0.383 e. The summed E-state index contributed by atoms with van der Waals surface area (Å²) in [5, 5.41) is 3.38. The van der Waals surface area contributed by atoms with Crippen molar-refractivity contribution in [3.8, 4) is 0 Å². The zero-order valence-corrected chi connectivity index (χ0v) is 12.7. The molecule has 106 valence electrons. The molecular formula is C16H25NOS. The molecule has 2 rings (SSSR count). The summed E-state index contributed by atoms with van der Waals surface area (Å²) in [6, 6.07) is 7.03. The van der Waals surface area contributed by atoms with Crippen LogP contribution in [-0.2, 0) is 17.6 Å². The van der Waals surface area contributed by atoms with Gasteiger partial charge in [0.15, 0.2) is 0 Å². The fourth-order valence-electron chi connectivity index (χ4n) is 2.48. The lowest BCUT2D eigenvalue weighted by molar-refractivity contribution is 0.199. The van der Waals surface area contributed by atoms with Crippen LogP contribution in [0.15, 0.2) is 23.1 Å². The normalized spacial score (nSPS) is 13.7. The van der Waals surface area contributed by atoms with Crippen LogP contribution in [0.5, 0.6) is 0 Å². The third-order valence-corrected chi connectivity index (χ3v) is 4.65. The van der Waals surface area contributed by atoms with E-state index >= 15 is 0 Å². The number of nitrogens with one attached hydrogen (secondary N) is 1. The zero-order valence-electron chi connectivity index (χ0n) is 11.9. The molecule has 0 aromatic heterocycles. The van der Waals surface area contributed by atoms with Gasteiger partial charge in [0, 0.05) is 18.6 Å². The molecule has 19 heavy (non-hydrogen) atoms. The molecule has 2 nitrogen and oxygen atoms in total. The summed E-state index contributed by atoms with van der Waals surface area (Å²) in [5.41, 5.74) is 3.16. The van der Waals surface area contributed by atoms with Crippen molar-refractivity contribution < 1.29 is 4.74 Å². The molecule has 0 saturated heterocycles. The van der Waals surface area contributed by atoms with E-state index in [1.807, 2.05) is 11.8 Å². The number of thioether (sulfide) groups is 1. The number of unbranched alkanes of at least 4 members (excludes halogenated alkanes) is 1. The van der Waals surface area contributed by atoms with E-state index < -0.39 is 0 Å². The maximum absolute atomic E-state index is 5.00. The van der Waals surface area contributed by atoms with E-state index in [0.717, 1.165) is 19.7 Å². The summed E-state index contributed by atoms with van der Waals surface area (Å²) in [5.74, 6) is 1.23. The Labute approximate surface area is 121 Å². The van der Waals surface area contributed by atoms with Crippen LogP contribution < -0.4 is 5.32 Å². The lowest BCUT2D eigenvalue weighted by Gasteiger charge is -2.06. The van der Waals surface area contributed by atoms with Crippen LogP contribution in [0.2, 0.25) is 0 Å². The first-order chi connectivity index (χ1) is 9.40. The second-order valence-electron chi connectivity index (χ2n) is 5.08. The minimum Gasteiger partial charge on any atom is -0.383 e. The van der Waals surface area contributed by atoms with Crippen LogP contribution in [0.1, 0.15) is 30.4 Å². The summed E-state index contributed by atoms with van der Waals surface area (Å²) in [6.45, 7) is 2.88. The van der Waals surface area contributed by atoms with E-state index in [0.29, 0.717) is 0 Å². The molecule has 0 unspecified atom stereocenters. The standard InChI is InChI=1S/C16H25NOS/c1-18-11-10-17-9-2-3-12-19-16-8-7-14-5-4-6-15(14)13-16/h7-8,13,17H,2-6,9-12H2,1H3. The van der Waals surface area contributed by atoms with Crippen LogP contribution >= 0.6 is 11.8 Å². The number of rotatable bonds is 9. The maximum Gasteiger partial charge on any atom is 0.0587 e. The van der Waals surface area contributed by atoms with Gasteiger partial charge in [0.05, 0.1) is 6.61 Å². The average Bonchev–Trinajstić information content (AvgIpc) is 2.89. The third kappa shape index (κ3) is 5.17. The molecule has 0 bridgehead atoms. The first kappa shape index (κ1) is 14.9. The molecule has 0 atom stereocenters. The number of fused-ring (bicyclic) bond motifs is 1. The Hall–Kier alpha value is -0.510. The molecule has 0 radical (unpaired) electrons. The van der Waals surface area contributed by atoms with Crippen molar-refractivity contribution in [3.63, 3.8) is 0 Å². The fourth-order valence-corrected chi connectivity index (χ4v) is 3.45. The van der Waals surface area contributed by atoms with Crippen LogP contribution in [-0.4, -0.2) is 32.6 Å². The van der Waals surface area contributed by atoms with Gasteiger partial charge in [0.1, 0.15) is 0 Å². The first-order valence-corrected chi connectivity index (χ1v) is 8.33. The number of hydrogen-bond acceptors (Lipinski definition) is 3. The molecule has 1 aromatic carbocycles. The highest BCUT2D eigenvalue weighted by Crippen LogP contribution is 2.27. The Morgan fingerprint density at radius 1 is 1.16 bits per heavy atom. The third-order valence-electron chi connectivity index (χ3n) is 3.57. The maximum atomic E-state index is 5.00. The molecule has 1 aliphatic rings. The Morgan fingerprint density at radius 2 is 2.05 bits per heavy atom. The van der Waals surface area contributed by atoms with Crippen LogP contribution in [0, 0.1) is 0 Å². The smallest absolute Gasteiger partial charge is 0.0587 e. The molecule has 1 aliphatic carbocycles. The number of methoxy groups -OCH3 is 1. The zero-order chi connectivity index (χ0) is 13.3. The highest BCUT2D eigenvalue weighted by Gasteiger charge is 2.10. The average molecular weight is 279 g/mol. The second kappa shape index (κ2) is 8.62. The van der Waals surface area contributed by atoms with Gasteiger partial charge in [-0.15, -0.1) is 11.8 Å². The van der Waals surface area contributed by atoms with E-state index in [1.54, 1.807) is 18.2 Å². The quantitative estimate of drug-likeness (QED) is 0.554. The van der Waals surface area contributed by atoms with Crippen molar-refractivity contribution in [1.82, 2.24) is 5.32 Å². The van der Waals surface area contributed by atoms with Crippen molar-refractivity contribution in [1.29, 1.82) is 0 Å². The second-order valence-corrected chi connectivity index (χ2v) is 6.25. The van der Waals surface area contributed by atoms with Gasteiger partial charge in [0.25, 0.3) is 0 Å². The SMILES string of the molecule is COCCNCCCCSc1ccc2c(c1)CCC2. The van der Waals surface area contributed by atoms with E-state index in [-0.39, 0.29) is 0 Å². The summed E-state index contributed by atoms with van der Waals surface area (Å²) < 4.78 is 5.00. The van der Waals surface area contributed by atoms with Gasteiger partial charge in [-0.25, -0.2) is 0 Å². The Kier molecular flexibility index (Phi) is 6.75. The van der Waals surface area contributed by atoms with Gasteiger partial charge >= 0.3 is 0 Å². The Morgan fingerprint density at radius 3 is 2.95 bits per heavy atom. The topological polar surface area (TPSA) is 21.3 Å². The van der Waals surface area contributed by atoms with Gasteiger partial charge in [-0.2, -0.15) is 0 Å². The lowest BCUT2D eigenvalue weighted by atomic mass is 10.1. The molecule has 1 aromatic rings. The van der Waals surface area contributed by atoms with Crippen molar-refractivity contribution in [2.75, 3.05) is 32.6 Å². The predicted octanol–water partition coefficient (Wildman–Crippen LogP) is 3.28. The Bertz CT molecular complexity index is 381. The summed E-state index contributed by atoms with van der Waals surface area (Å²) in [4.78, 5) is 1.45. The molecule has 0 spiro atoms. The highest BCUT2D eigenvalue weighted by molar-refractivity contribution is 7.99. The Balaban J connectivity index is 1.56. The monoisotopic (exact) mass is 279 g/mol. The highest BCUT2D eigenvalue weighted by atomic mass is 32.2. The minimum absolute atomic E-state index is 0.809. The summed E-state index contributed by atoms with van der Waals surface area (Å²) in [7, 11) is 1.74. The number of aryl methyl sites for hydroxylation is 2. The van der Waals surface area contributed by atoms with Gasteiger partial charge in [-0.1, -0.05) is 6.07 Å². The van der Waals surface area contributed by atoms with Crippen molar-refractivity contribution >= 4 is 11.8 Å². The van der Waals surface area contributed by atoms with Crippen LogP contribution in [0.3, 0.4) is 0 Å². The number of ether oxygens (including phenoxy) is 1. The molecule has 0 amide bonds. The van der Waals surface area contributed by atoms with Gasteiger partial charge in [-0.05, 0) is 67.7 Å². The lowest BCUT2D eigenvalue weighted by Crippen LogP contribution is -2.20. The predicted molar refractivity (Wildman–Crippen MR) is 83.2 cm³/mol. The van der Waals surface area contributed by atoms with Crippen molar-refractivity contribution in [2.45, 2.75) is 37.0 Å². The van der Waals surface area contributed by atoms with E-state index in [9.17, 15) is 0 Å². The molecule has 3 heteroatoms. The molecule has 0 aliphatic heterocycles. The number of benzene rings is 1. The van der Waals surface area contributed by atoms with Gasteiger partial charge < -0.3 is 10.1 Å². The van der Waals surface area contributed by atoms with Crippen molar-refractivity contribution in [3.05, 3.63) is 29.3 Å². The van der Waals surface area contributed by atoms with Crippen LogP contribution in [0.25, 0.3) is 0 Å². The minimum atomic E-state index is 0.809. The first-order valence-electron chi connectivity index (χ1n) is 7.34. The molecule has 0 saturated carbocycles. The fraction of sp³-hybridized carbons (Fsp3) is 0.625. The van der Waals surface area contributed by atoms with E-state index in [2.05, 4.69) is 23.5 Å².